The molecule has 3 aromatic rings. The largest absolute Gasteiger partial charge is 0.508 e. The van der Waals surface area contributed by atoms with Gasteiger partial charge in [-0.05, 0) is 70.4 Å². The third-order valence-corrected chi connectivity index (χ3v) is 4.70. The van der Waals surface area contributed by atoms with E-state index in [1.165, 1.54) is 29.3 Å². The molecule has 0 saturated carbocycles. The van der Waals surface area contributed by atoms with E-state index in [9.17, 15) is 15.3 Å². The minimum atomic E-state index is -0.0338. The molecule has 0 unspecified atom stereocenters. The summed E-state index contributed by atoms with van der Waals surface area (Å²) in [4.78, 5) is 0. The number of hydrogen-bond donors (Lipinski definition) is 3. The number of aromatic hydroxyl groups is 3. The molecule has 3 rings (SSSR count). The standard InChI is InChI=1S/C24H26O4/c1-15(2)5-4-6-16(3)7-9-21-22(27)10-8-17-13-23(28-24(17)21)18-11-19(25)14-20(26)12-18/h5,7-8,10-14,25-27H,4,6,9H2,1-3H3. The number of phenols is 3. The second-order valence-electron chi connectivity index (χ2n) is 7.41. The Kier molecular flexibility index (Phi) is 5.78. The molecule has 4 nitrogen and oxygen atoms in total. The number of phenolic OH excluding ortho intramolecular Hbond substituents is 3. The van der Waals surface area contributed by atoms with E-state index in [-0.39, 0.29) is 17.2 Å². The van der Waals surface area contributed by atoms with E-state index in [4.69, 9.17) is 4.42 Å². The Hall–Kier alpha value is -3.14. The Bertz CT molecular complexity index is 1030. The lowest BCUT2D eigenvalue weighted by molar-refractivity contribution is 0.450. The first-order chi connectivity index (χ1) is 13.3. The molecule has 0 spiro atoms. The molecular formula is C24H26O4. The van der Waals surface area contributed by atoms with Gasteiger partial charge in [-0.25, -0.2) is 0 Å². The van der Waals surface area contributed by atoms with Crippen LogP contribution >= 0.6 is 0 Å². The van der Waals surface area contributed by atoms with Crippen molar-refractivity contribution >= 4 is 11.0 Å². The van der Waals surface area contributed by atoms with Gasteiger partial charge in [-0.1, -0.05) is 23.3 Å². The zero-order chi connectivity index (χ0) is 20.3. The highest BCUT2D eigenvalue weighted by Crippen LogP contribution is 2.36. The van der Waals surface area contributed by atoms with E-state index in [0.717, 1.165) is 23.8 Å². The van der Waals surface area contributed by atoms with Crippen LogP contribution in [0.1, 0.15) is 39.2 Å². The first-order valence-corrected chi connectivity index (χ1v) is 9.40. The van der Waals surface area contributed by atoms with Crippen molar-refractivity contribution in [3.05, 3.63) is 65.3 Å². The average molecular weight is 378 g/mol. The zero-order valence-electron chi connectivity index (χ0n) is 16.5. The topological polar surface area (TPSA) is 73.8 Å². The molecule has 0 bridgehead atoms. The number of hydrogen-bond acceptors (Lipinski definition) is 4. The van der Waals surface area contributed by atoms with Crippen molar-refractivity contribution in [1.29, 1.82) is 0 Å². The van der Waals surface area contributed by atoms with Gasteiger partial charge in [0.15, 0.2) is 0 Å². The summed E-state index contributed by atoms with van der Waals surface area (Å²) >= 11 is 0. The quantitative estimate of drug-likeness (QED) is 0.431. The van der Waals surface area contributed by atoms with Gasteiger partial charge in [-0.2, -0.15) is 0 Å². The van der Waals surface area contributed by atoms with Crippen LogP contribution in [0.2, 0.25) is 0 Å². The van der Waals surface area contributed by atoms with Crippen molar-refractivity contribution in [3.63, 3.8) is 0 Å². The van der Waals surface area contributed by atoms with Gasteiger partial charge in [0.05, 0.1) is 0 Å². The third-order valence-electron chi connectivity index (χ3n) is 4.70. The van der Waals surface area contributed by atoms with Crippen LogP contribution in [-0.2, 0) is 6.42 Å². The summed E-state index contributed by atoms with van der Waals surface area (Å²) in [5.74, 6) is 0.653. The smallest absolute Gasteiger partial charge is 0.142 e. The minimum absolute atomic E-state index is 0.0338. The molecule has 3 N–H and O–H groups in total. The molecule has 2 aromatic carbocycles. The SMILES string of the molecule is CC(C)=CCCC(C)=CCc1c(O)ccc2cc(-c3cc(O)cc(O)c3)oc12. The van der Waals surface area contributed by atoms with Gasteiger partial charge in [0.2, 0.25) is 0 Å². The molecule has 4 heteroatoms. The van der Waals surface area contributed by atoms with Crippen LogP contribution in [0.15, 0.2) is 64.1 Å². The molecule has 0 aliphatic rings. The van der Waals surface area contributed by atoms with E-state index in [1.807, 2.05) is 6.07 Å². The lowest BCUT2D eigenvalue weighted by Gasteiger charge is -2.04. The second kappa shape index (κ2) is 8.26. The van der Waals surface area contributed by atoms with Crippen LogP contribution in [0.25, 0.3) is 22.3 Å². The van der Waals surface area contributed by atoms with Crippen molar-refractivity contribution in [2.75, 3.05) is 0 Å². The number of benzene rings is 2. The highest BCUT2D eigenvalue weighted by Gasteiger charge is 2.14. The fourth-order valence-corrected chi connectivity index (χ4v) is 3.19. The van der Waals surface area contributed by atoms with Crippen molar-refractivity contribution in [3.8, 4) is 28.6 Å². The minimum Gasteiger partial charge on any atom is -0.508 e. The molecular weight excluding hydrogens is 352 g/mol. The van der Waals surface area contributed by atoms with E-state index in [0.29, 0.717) is 23.3 Å². The first kappa shape index (κ1) is 19.6. The van der Waals surface area contributed by atoms with Crippen LogP contribution in [0.5, 0.6) is 17.2 Å². The lowest BCUT2D eigenvalue weighted by atomic mass is 10.0. The maximum atomic E-state index is 10.4. The van der Waals surface area contributed by atoms with E-state index in [2.05, 4.69) is 32.9 Å². The van der Waals surface area contributed by atoms with E-state index in [1.54, 1.807) is 12.1 Å². The molecule has 146 valence electrons. The summed E-state index contributed by atoms with van der Waals surface area (Å²) in [6, 6.07) is 9.65. The fourth-order valence-electron chi connectivity index (χ4n) is 3.19. The summed E-state index contributed by atoms with van der Waals surface area (Å²) in [6.07, 6.45) is 6.90. The van der Waals surface area contributed by atoms with Crippen LogP contribution < -0.4 is 0 Å². The van der Waals surface area contributed by atoms with Gasteiger partial charge in [-0.3, -0.25) is 0 Å². The number of rotatable bonds is 6. The predicted molar refractivity (Wildman–Crippen MR) is 113 cm³/mol. The average Bonchev–Trinajstić information content (AvgIpc) is 3.04. The Morgan fingerprint density at radius 3 is 2.32 bits per heavy atom. The summed E-state index contributed by atoms with van der Waals surface area (Å²) in [5.41, 5.74) is 4.50. The molecule has 0 aliphatic heterocycles. The van der Waals surface area contributed by atoms with Gasteiger partial charge in [0.1, 0.15) is 28.6 Å². The van der Waals surface area contributed by atoms with Crippen LogP contribution in [-0.4, -0.2) is 15.3 Å². The number of furan rings is 1. The monoisotopic (exact) mass is 378 g/mol. The summed E-state index contributed by atoms with van der Waals surface area (Å²) in [7, 11) is 0. The Labute approximate surface area is 165 Å². The fraction of sp³-hybridized carbons (Fsp3) is 0.250. The van der Waals surface area contributed by atoms with Crippen LogP contribution in [0.4, 0.5) is 0 Å². The highest BCUT2D eigenvalue weighted by molar-refractivity contribution is 5.87. The number of allylic oxidation sites excluding steroid dienone is 4. The third kappa shape index (κ3) is 4.58. The van der Waals surface area contributed by atoms with Crippen molar-refractivity contribution in [2.24, 2.45) is 0 Å². The summed E-state index contributed by atoms with van der Waals surface area (Å²) in [6.45, 7) is 6.29. The highest BCUT2D eigenvalue weighted by atomic mass is 16.3. The molecule has 0 amide bonds. The van der Waals surface area contributed by atoms with E-state index >= 15 is 0 Å². The zero-order valence-corrected chi connectivity index (χ0v) is 16.5. The lowest BCUT2D eigenvalue weighted by Crippen LogP contribution is -1.86. The molecule has 0 atom stereocenters. The maximum Gasteiger partial charge on any atom is 0.142 e. The number of fused-ring (bicyclic) bond motifs is 1. The Morgan fingerprint density at radius 2 is 1.64 bits per heavy atom. The Balaban J connectivity index is 1.91. The molecule has 0 radical (unpaired) electrons. The van der Waals surface area contributed by atoms with Gasteiger partial charge in [0.25, 0.3) is 0 Å². The van der Waals surface area contributed by atoms with Crippen LogP contribution in [0, 0.1) is 0 Å². The normalized spacial score (nSPS) is 11.8. The van der Waals surface area contributed by atoms with Gasteiger partial charge in [0, 0.05) is 22.6 Å². The van der Waals surface area contributed by atoms with Crippen molar-refractivity contribution < 1.29 is 19.7 Å². The first-order valence-electron chi connectivity index (χ1n) is 9.40. The Morgan fingerprint density at radius 1 is 0.929 bits per heavy atom. The van der Waals surface area contributed by atoms with Gasteiger partial charge >= 0.3 is 0 Å². The molecule has 0 aliphatic carbocycles. The van der Waals surface area contributed by atoms with Crippen LogP contribution in [0.3, 0.4) is 0 Å². The summed E-state index contributed by atoms with van der Waals surface area (Å²) < 4.78 is 6.00. The molecule has 1 heterocycles. The molecule has 0 saturated heterocycles. The van der Waals surface area contributed by atoms with Gasteiger partial charge < -0.3 is 19.7 Å². The predicted octanol–water partition coefficient (Wildman–Crippen LogP) is 6.45. The molecule has 0 fully saturated rings. The molecule has 28 heavy (non-hydrogen) atoms. The summed E-state index contributed by atoms with van der Waals surface area (Å²) in [5, 5.41) is 30.7. The molecule has 1 aromatic heterocycles. The second-order valence-corrected chi connectivity index (χ2v) is 7.41. The van der Waals surface area contributed by atoms with E-state index < -0.39 is 0 Å². The van der Waals surface area contributed by atoms with Crippen molar-refractivity contribution in [2.45, 2.75) is 40.0 Å². The van der Waals surface area contributed by atoms with Gasteiger partial charge in [-0.15, -0.1) is 0 Å². The maximum absolute atomic E-state index is 10.4. The van der Waals surface area contributed by atoms with Crippen molar-refractivity contribution in [1.82, 2.24) is 0 Å².